The summed E-state index contributed by atoms with van der Waals surface area (Å²) in [5, 5.41) is 8.39. The van der Waals surface area contributed by atoms with E-state index in [2.05, 4.69) is 33.7 Å². The highest BCUT2D eigenvalue weighted by atomic mass is 16.5. The van der Waals surface area contributed by atoms with Crippen molar-refractivity contribution in [2.75, 3.05) is 26.7 Å². The topological polar surface area (TPSA) is 103 Å². The highest BCUT2D eigenvalue weighted by molar-refractivity contribution is 5.95. The van der Waals surface area contributed by atoms with Gasteiger partial charge in [-0.05, 0) is 60.8 Å². The largest absolute Gasteiger partial charge is 0.458 e. The monoisotopic (exact) mass is 543 g/mol. The van der Waals surface area contributed by atoms with E-state index in [4.69, 9.17) is 4.74 Å². The minimum Gasteiger partial charge on any atom is -0.458 e. The Morgan fingerprint density at radius 3 is 2.77 bits per heavy atom. The Hall–Kier alpha value is -4.14. The number of dihydropyridines is 1. The highest BCUT2D eigenvalue weighted by Gasteiger charge is 2.33. The van der Waals surface area contributed by atoms with Crippen molar-refractivity contribution in [3.05, 3.63) is 94.1 Å². The third kappa shape index (κ3) is 6.03. The molecule has 40 heavy (non-hydrogen) atoms. The van der Waals surface area contributed by atoms with Gasteiger partial charge in [0.1, 0.15) is 23.7 Å². The number of nitrogens with one attached hydrogen (secondary N) is 2. The summed E-state index contributed by atoms with van der Waals surface area (Å²) in [7, 11) is 2.00. The van der Waals surface area contributed by atoms with Crippen LogP contribution in [-0.2, 0) is 9.53 Å². The minimum absolute atomic E-state index is 0.0844. The first-order valence-corrected chi connectivity index (χ1v) is 14.1. The fraction of sp³-hybridized carbons (Fsp3) is 0.419. The Bertz CT molecular complexity index is 1310. The molecule has 0 radical (unpaired) electrons. The van der Waals surface area contributed by atoms with E-state index in [9.17, 15) is 14.5 Å². The summed E-state index contributed by atoms with van der Waals surface area (Å²) in [4.78, 5) is 39.6. The van der Waals surface area contributed by atoms with Crippen molar-refractivity contribution >= 4 is 17.4 Å². The molecule has 1 saturated carbocycles. The predicted octanol–water partition coefficient (Wildman–Crippen LogP) is 4.43. The Morgan fingerprint density at radius 2 is 2.08 bits per heavy atom. The summed E-state index contributed by atoms with van der Waals surface area (Å²) in [6.45, 7) is 3.28. The van der Waals surface area contributed by atoms with Crippen LogP contribution in [0, 0.1) is 10.8 Å². The lowest BCUT2D eigenvalue weighted by Crippen LogP contribution is -2.43. The van der Waals surface area contributed by atoms with Gasteiger partial charge in [-0.1, -0.05) is 43.5 Å². The molecule has 0 saturated heterocycles. The van der Waals surface area contributed by atoms with Gasteiger partial charge in [0.25, 0.3) is 5.91 Å². The molecule has 0 spiro atoms. The third-order valence-electron chi connectivity index (χ3n) is 7.91. The van der Waals surface area contributed by atoms with E-state index >= 15 is 0 Å². The normalized spacial score (nSPS) is 21.5. The van der Waals surface area contributed by atoms with Gasteiger partial charge >= 0.3 is 0 Å². The second kappa shape index (κ2) is 12.4. The molecule has 210 valence electrons. The zero-order chi connectivity index (χ0) is 28.1. The summed E-state index contributed by atoms with van der Waals surface area (Å²) in [6.07, 6.45) is 17.1. The zero-order valence-electron chi connectivity index (χ0n) is 23.1. The van der Waals surface area contributed by atoms with Crippen LogP contribution in [0.3, 0.4) is 0 Å². The number of hydrogen-bond donors (Lipinski definition) is 2. The SMILES string of the molecule is CCCN(CCC1CCC1)C(=O)c1cccc(C2=C3OC(C4=CNC(NC(=O)CN=O)C=C4)=CC3N(C)C=C2)c1. The Kier molecular flexibility index (Phi) is 8.48. The molecule has 1 aliphatic carbocycles. The van der Waals surface area contributed by atoms with Crippen molar-refractivity contribution < 1.29 is 14.3 Å². The maximum Gasteiger partial charge on any atom is 0.253 e. The van der Waals surface area contributed by atoms with Crippen molar-refractivity contribution in [1.82, 2.24) is 20.4 Å². The van der Waals surface area contributed by atoms with Gasteiger partial charge in [0.2, 0.25) is 5.91 Å². The van der Waals surface area contributed by atoms with Crippen LogP contribution in [-0.4, -0.2) is 60.5 Å². The van der Waals surface area contributed by atoms with Gasteiger partial charge in [-0.2, -0.15) is 4.91 Å². The van der Waals surface area contributed by atoms with Crippen molar-refractivity contribution in [2.45, 2.75) is 51.2 Å². The number of carbonyl (C=O) groups excluding carboxylic acids is 2. The molecule has 5 rings (SSSR count). The highest BCUT2D eigenvalue weighted by Crippen LogP contribution is 2.38. The van der Waals surface area contributed by atoms with Gasteiger partial charge in [0, 0.05) is 49.2 Å². The fourth-order valence-electron chi connectivity index (χ4n) is 5.42. The van der Waals surface area contributed by atoms with Crippen LogP contribution < -0.4 is 10.6 Å². The summed E-state index contributed by atoms with van der Waals surface area (Å²) in [5.41, 5.74) is 3.42. The number of fused-ring (bicyclic) bond motifs is 1. The van der Waals surface area contributed by atoms with Crippen LogP contribution in [0.1, 0.15) is 54.9 Å². The predicted molar refractivity (Wildman–Crippen MR) is 154 cm³/mol. The second-order valence-corrected chi connectivity index (χ2v) is 10.8. The number of allylic oxidation sites excluding steroid dienone is 3. The number of benzene rings is 1. The first-order valence-electron chi connectivity index (χ1n) is 14.1. The second-order valence-electron chi connectivity index (χ2n) is 10.8. The molecular formula is C31H37N5O4. The average Bonchev–Trinajstić information content (AvgIpc) is 3.38. The number of likely N-dealkylation sites (N-methyl/N-ethyl adjacent to an activating group) is 1. The molecule has 4 aliphatic rings. The van der Waals surface area contributed by atoms with Gasteiger partial charge in [-0.25, -0.2) is 0 Å². The summed E-state index contributed by atoms with van der Waals surface area (Å²) in [5.74, 6) is 1.91. The zero-order valence-corrected chi connectivity index (χ0v) is 23.1. The molecule has 1 aromatic carbocycles. The summed E-state index contributed by atoms with van der Waals surface area (Å²) in [6, 6.07) is 7.77. The van der Waals surface area contributed by atoms with E-state index in [1.165, 1.54) is 19.3 Å². The van der Waals surface area contributed by atoms with Crippen molar-refractivity contribution in [3.63, 3.8) is 0 Å². The lowest BCUT2D eigenvalue weighted by molar-refractivity contribution is -0.120. The number of nitrogens with zero attached hydrogens (tertiary/aromatic N) is 3. The van der Waals surface area contributed by atoms with Crippen LogP contribution in [0.2, 0.25) is 0 Å². The van der Waals surface area contributed by atoms with E-state index in [1.54, 1.807) is 12.3 Å². The standard InChI is InChI=1S/C31H37N5O4/c1-3-14-36(16-12-21-6-4-7-21)31(38)23-9-5-8-22(17-23)25-13-15-35(2)26-18-27(40-30(25)26)24-10-11-28(32-19-24)34-29(37)20-33-39/h5,8-11,13,15,17-19,21,26,28,32H,3-4,6-7,12,14,16,20H2,1-2H3,(H,34,37). The molecule has 9 nitrogen and oxygen atoms in total. The van der Waals surface area contributed by atoms with Crippen LogP contribution in [0.25, 0.3) is 5.57 Å². The first-order chi connectivity index (χ1) is 19.5. The molecule has 2 amide bonds. The Balaban J connectivity index is 1.32. The molecule has 9 heteroatoms. The van der Waals surface area contributed by atoms with Gasteiger partial charge in [-0.15, -0.1) is 0 Å². The number of nitroso groups, excluding NO2 is 1. The van der Waals surface area contributed by atoms with Crippen molar-refractivity contribution in [2.24, 2.45) is 11.1 Å². The van der Waals surface area contributed by atoms with E-state index in [-0.39, 0.29) is 11.9 Å². The average molecular weight is 544 g/mol. The molecular weight excluding hydrogens is 506 g/mol. The van der Waals surface area contributed by atoms with Crippen molar-refractivity contribution in [3.8, 4) is 0 Å². The number of ether oxygens (including phenoxy) is 1. The van der Waals surface area contributed by atoms with Crippen LogP contribution in [0.4, 0.5) is 0 Å². The van der Waals surface area contributed by atoms with Gasteiger partial charge in [0.15, 0.2) is 6.54 Å². The van der Waals surface area contributed by atoms with Crippen LogP contribution >= 0.6 is 0 Å². The number of carbonyl (C=O) groups is 2. The lowest BCUT2D eigenvalue weighted by atomic mass is 9.83. The maximum atomic E-state index is 13.5. The number of rotatable bonds is 11. The molecule has 2 unspecified atom stereocenters. The van der Waals surface area contributed by atoms with Crippen molar-refractivity contribution in [1.29, 1.82) is 0 Å². The smallest absolute Gasteiger partial charge is 0.253 e. The van der Waals surface area contributed by atoms with Crippen LogP contribution in [0.15, 0.2) is 83.2 Å². The van der Waals surface area contributed by atoms with Gasteiger partial charge < -0.3 is 25.2 Å². The molecule has 1 aromatic rings. The first kappa shape index (κ1) is 27.4. The van der Waals surface area contributed by atoms with E-state index in [1.807, 2.05) is 54.6 Å². The fourth-order valence-corrected chi connectivity index (χ4v) is 5.42. The minimum atomic E-state index is -0.448. The van der Waals surface area contributed by atoms with E-state index < -0.39 is 18.6 Å². The number of hydrogen-bond acceptors (Lipinski definition) is 7. The maximum absolute atomic E-state index is 13.5. The summed E-state index contributed by atoms with van der Waals surface area (Å²) < 4.78 is 6.42. The van der Waals surface area contributed by atoms with E-state index in [0.717, 1.165) is 54.3 Å². The molecule has 3 aliphatic heterocycles. The molecule has 0 aromatic heterocycles. The Morgan fingerprint density at radius 1 is 1.23 bits per heavy atom. The molecule has 1 fully saturated rings. The molecule has 3 heterocycles. The van der Waals surface area contributed by atoms with Gasteiger partial charge in [0.05, 0.1) is 0 Å². The van der Waals surface area contributed by atoms with E-state index in [0.29, 0.717) is 11.3 Å². The molecule has 0 bridgehead atoms. The number of amides is 2. The molecule has 2 N–H and O–H groups in total. The van der Waals surface area contributed by atoms with Gasteiger partial charge in [-0.3, -0.25) is 9.59 Å². The molecule has 2 atom stereocenters. The summed E-state index contributed by atoms with van der Waals surface area (Å²) >= 11 is 0. The lowest BCUT2D eigenvalue weighted by Gasteiger charge is -2.29. The Labute approximate surface area is 235 Å². The third-order valence-corrected chi connectivity index (χ3v) is 7.91. The van der Waals surface area contributed by atoms with Crippen LogP contribution in [0.5, 0.6) is 0 Å². The quantitative estimate of drug-likeness (QED) is 0.400.